The Hall–Kier alpha value is -1.35. The Kier molecular flexibility index (Phi) is 6.24. The van der Waals surface area contributed by atoms with Crippen molar-refractivity contribution in [1.29, 1.82) is 0 Å². The maximum atomic E-state index is 12.4. The van der Waals surface area contributed by atoms with Crippen molar-refractivity contribution in [2.45, 2.75) is 58.5 Å². The second kappa shape index (κ2) is 8.18. The minimum Gasteiger partial charge on any atom is -0.339 e. The molecule has 3 nitrogen and oxygen atoms in total. The quantitative estimate of drug-likeness (QED) is 0.871. The number of rotatable bonds is 6. The molecule has 0 saturated carbocycles. The van der Waals surface area contributed by atoms with E-state index >= 15 is 0 Å². The summed E-state index contributed by atoms with van der Waals surface area (Å²) in [6, 6.07) is 8.87. The monoisotopic (exact) mass is 288 g/mol. The third-order valence-electron chi connectivity index (χ3n) is 4.48. The van der Waals surface area contributed by atoms with Crippen LogP contribution < -0.4 is 5.32 Å². The molecule has 1 atom stereocenters. The van der Waals surface area contributed by atoms with Crippen LogP contribution in [0.2, 0.25) is 0 Å². The van der Waals surface area contributed by atoms with Crippen LogP contribution in [0.5, 0.6) is 0 Å². The molecular weight excluding hydrogens is 260 g/mol. The molecule has 0 aromatic heterocycles. The molecule has 1 heterocycles. The number of hydrogen-bond acceptors (Lipinski definition) is 2. The zero-order chi connectivity index (χ0) is 15.1. The Balaban J connectivity index is 1.85. The Bertz CT molecular complexity index is 452. The normalized spacial score (nSPS) is 18.5. The van der Waals surface area contributed by atoms with E-state index in [0.29, 0.717) is 12.5 Å². The van der Waals surface area contributed by atoms with E-state index < -0.39 is 0 Å². The average molecular weight is 288 g/mol. The van der Waals surface area contributed by atoms with E-state index in [1.165, 1.54) is 30.4 Å². The Morgan fingerprint density at radius 2 is 2.14 bits per heavy atom. The van der Waals surface area contributed by atoms with Gasteiger partial charge in [0.2, 0.25) is 5.91 Å². The van der Waals surface area contributed by atoms with Crippen molar-refractivity contribution < 1.29 is 4.79 Å². The first-order valence-corrected chi connectivity index (χ1v) is 8.26. The van der Waals surface area contributed by atoms with Gasteiger partial charge in [-0.1, -0.05) is 30.7 Å². The lowest BCUT2D eigenvalue weighted by Gasteiger charge is -2.26. The second-order valence-electron chi connectivity index (χ2n) is 6.02. The number of carbonyl (C=O) groups is 1. The fourth-order valence-corrected chi connectivity index (χ4v) is 3.00. The average Bonchev–Trinajstić information content (AvgIpc) is 2.53. The summed E-state index contributed by atoms with van der Waals surface area (Å²) < 4.78 is 0. The number of carbonyl (C=O) groups excluding carboxylic acids is 1. The maximum Gasteiger partial charge on any atom is 0.222 e. The fourth-order valence-electron chi connectivity index (χ4n) is 3.00. The van der Waals surface area contributed by atoms with E-state index in [2.05, 4.69) is 31.3 Å². The predicted molar refractivity (Wildman–Crippen MR) is 87.1 cm³/mol. The lowest BCUT2D eigenvalue weighted by Crippen LogP contribution is -2.36. The van der Waals surface area contributed by atoms with Crippen LogP contribution in [0.4, 0.5) is 0 Å². The number of nitrogens with one attached hydrogen (secondary N) is 1. The van der Waals surface area contributed by atoms with Crippen LogP contribution in [0.15, 0.2) is 24.3 Å². The van der Waals surface area contributed by atoms with Crippen molar-refractivity contribution in [2.75, 3.05) is 13.1 Å². The highest BCUT2D eigenvalue weighted by Crippen LogP contribution is 2.15. The topological polar surface area (TPSA) is 32.3 Å². The minimum absolute atomic E-state index is 0.285. The smallest absolute Gasteiger partial charge is 0.222 e. The molecule has 1 N–H and O–H groups in total. The van der Waals surface area contributed by atoms with Gasteiger partial charge in [0.25, 0.3) is 0 Å². The molecule has 1 unspecified atom stereocenters. The predicted octanol–water partition coefficient (Wildman–Crippen LogP) is 3.27. The van der Waals surface area contributed by atoms with Crippen molar-refractivity contribution in [3.8, 4) is 0 Å². The summed E-state index contributed by atoms with van der Waals surface area (Å²) in [6.45, 7) is 6.81. The Morgan fingerprint density at radius 3 is 2.81 bits per heavy atom. The standard InChI is InChI=1S/C18H28N2O/c1-3-20(14-16-9-5-4-8-15(16)2)18(21)12-11-17-10-6-7-13-19-17/h4-5,8-9,17,19H,3,6-7,10-14H2,1-2H3. The molecule has 0 spiro atoms. The van der Waals surface area contributed by atoms with Gasteiger partial charge in [-0.25, -0.2) is 0 Å². The molecule has 1 aromatic rings. The van der Waals surface area contributed by atoms with Crippen LogP contribution in [-0.2, 0) is 11.3 Å². The van der Waals surface area contributed by atoms with Crippen molar-refractivity contribution >= 4 is 5.91 Å². The minimum atomic E-state index is 0.285. The van der Waals surface area contributed by atoms with Gasteiger partial charge in [0, 0.05) is 25.6 Å². The van der Waals surface area contributed by atoms with Crippen LogP contribution in [0, 0.1) is 6.92 Å². The molecule has 1 saturated heterocycles. The number of amides is 1. The van der Waals surface area contributed by atoms with E-state index in [1.807, 2.05) is 17.0 Å². The van der Waals surface area contributed by atoms with Crippen LogP contribution in [0.25, 0.3) is 0 Å². The van der Waals surface area contributed by atoms with Gasteiger partial charge in [-0.05, 0) is 50.8 Å². The van der Waals surface area contributed by atoms with Gasteiger partial charge in [0.1, 0.15) is 0 Å². The van der Waals surface area contributed by atoms with E-state index in [9.17, 15) is 4.79 Å². The Morgan fingerprint density at radius 1 is 1.33 bits per heavy atom. The molecule has 0 bridgehead atoms. The maximum absolute atomic E-state index is 12.4. The zero-order valence-corrected chi connectivity index (χ0v) is 13.4. The first kappa shape index (κ1) is 16.0. The molecule has 116 valence electrons. The molecule has 3 heteroatoms. The fraction of sp³-hybridized carbons (Fsp3) is 0.611. The van der Waals surface area contributed by atoms with Crippen molar-refractivity contribution in [2.24, 2.45) is 0 Å². The van der Waals surface area contributed by atoms with E-state index in [1.54, 1.807) is 0 Å². The van der Waals surface area contributed by atoms with E-state index in [0.717, 1.165) is 26.1 Å². The van der Waals surface area contributed by atoms with Crippen LogP contribution in [-0.4, -0.2) is 29.9 Å². The lowest BCUT2D eigenvalue weighted by molar-refractivity contribution is -0.131. The first-order valence-electron chi connectivity index (χ1n) is 8.26. The van der Waals surface area contributed by atoms with Crippen LogP contribution in [0.3, 0.4) is 0 Å². The summed E-state index contributed by atoms with van der Waals surface area (Å²) in [5.41, 5.74) is 2.51. The second-order valence-corrected chi connectivity index (χ2v) is 6.02. The van der Waals surface area contributed by atoms with Crippen molar-refractivity contribution in [3.05, 3.63) is 35.4 Å². The largest absolute Gasteiger partial charge is 0.339 e. The number of piperidine rings is 1. The first-order chi connectivity index (χ1) is 10.2. The van der Waals surface area contributed by atoms with Gasteiger partial charge in [0.15, 0.2) is 0 Å². The van der Waals surface area contributed by atoms with Gasteiger partial charge in [-0.2, -0.15) is 0 Å². The molecule has 1 amide bonds. The SMILES string of the molecule is CCN(Cc1ccccc1C)C(=O)CCC1CCCCN1. The van der Waals surface area contributed by atoms with Crippen molar-refractivity contribution in [1.82, 2.24) is 10.2 Å². The lowest BCUT2D eigenvalue weighted by atomic mass is 10.00. The van der Waals surface area contributed by atoms with Crippen LogP contribution in [0.1, 0.15) is 50.2 Å². The molecular formula is C18H28N2O. The molecule has 1 aliphatic rings. The Labute approximate surface area is 128 Å². The summed E-state index contributed by atoms with van der Waals surface area (Å²) in [5, 5.41) is 3.52. The highest BCUT2D eigenvalue weighted by molar-refractivity contribution is 5.76. The highest BCUT2D eigenvalue weighted by atomic mass is 16.2. The van der Waals surface area contributed by atoms with Crippen LogP contribution >= 0.6 is 0 Å². The number of aryl methyl sites for hydroxylation is 1. The van der Waals surface area contributed by atoms with Gasteiger partial charge in [-0.15, -0.1) is 0 Å². The number of hydrogen-bond donors (Lipinski definition) is 1. The summed E-state index contributed by atoms with van der Waals surface area (Å²) in [7, 11) is 0. The molecule has 1 fully saturated rings. The summed E-state index contributed by atoms with van der Waals surface area (Å²) >= 11 is 0. The van der Waals surface area contributed by atoms with Gasteiger partial charge < -0.3 is 10.2 Å². The molecule has 1 aliphatic heterocycles. The molecule has 21 heavy (non-hydrogen) atoms. The molecule has 2 rings (SSSR count). The van der Waals surface area contributed by atoms with Crippen molar-refractivity contribution in [3.63, 3.8) is 0 Å². The van der Waals surface area contributed by atoms with E-state index in [-0.39, 0.29) is 5.91 Å². The van der Waals surface area contributed by atoms with Gasteiger partial charge in [0.05, 0.1) is 0 Å². The van der Waals surface area contributed by atoms with E-state index in [4.69, 9.17) is 0 Å². The molecule has 0 aliphatic carbocycles. The highest BCUT2D eigenvalue weighted by Gasteiger charge is 2.17. The van der Waals surface area contributed by atoms with Gasteiger partial charge >= 0.3 is 0 Å². The molecule has 1 aromatic carbocycles. The third-order valence-corrected chi connectivity index (χ3v) is 4.48. The number of nitrogens with zero attached hydrogens (tertiary/aromatic N) is 1. The van der Waals surface area contributed by atoms with Gasteiger partial charge in [-0.3, -0.25) is 4.79 Å². The summed E-state index contributed by atoms with van der Waals surface area (Å²) in [6.07, 6.45) is 5.43. The third kappa shape index (κ3) is 4.85. The summed E-state index contributed by atoms with van der Waals surface area (Å²) in [5.74, 6) is 0.285. The summed E-state index contributed by atoms with van der Waals surface area (Å²) in [4.78, 5) is 14.4. The molecule has 0 radical (unpaired) electrons. The number of benzene rings is 1. The zero-order valence-electron chi connectivity index (χ0n) is 13.4.